The molecule has 5 N–H and O–H groups in total. The fraction of sp³-hybridized carbons (Fsp3) is 0.290. The Labute approximate surface area is 255 Å². The third-order valence-electron chi connectivity index (χ3n) is 7.18. The molecule has 2 aromatic carbocycles. The molecular weight excluding hydrogens is 573 g/mol. The number of amides is 3. The van der Waals surface area contributed by atoms with Crippen LogP contribution in [0, 0.1) is 5.82 Å². The standard InChI is InChI=1S/C31H35ClFN7O3/c1-4-21-16-25(31(43)38-28(21)35-19(2)40-12-10-39(3)11-13-40)30(42)37-27-17-22(8-9-26(27)32)29(41)36-24(18-34)15-20-6-5-7-23(33)14-20/h4-9,14,16-17,24H,2,10-13,15,18,34H2,1,3H3,(H,36,41)(H,37,42)(H,35,38,43)/b21-4-. The number of aliphatic imine (C=N–C) groups is 1. The molecule has 12 heteroatoms. The Morgan fingerprint density at radius 2 is 1.93 bits per heavy atom. The van der Waals surface area contributed by atoms with E-state index < -0.39 is 23.8 Å². The number of piperazine rings is 1. The second-order valence-electron chi connectivity index (χ2n) is 10.3. The van der Waals surface area contributed by atoms with Gasteiger partial charge in [0.1, 0.15) is 23.0 Å². The molecule has 1 atom stereocenters. The molecule has 0 aliphatic carbocycles. The topological polar surface area (TPSA) is 132 Å². The first-order valence-electron chi connectivity index (χ1n) is 13.8. The smallest absolute Gasteiger partial charge is 0.262 e. The summed E-state index contributed by atoms with van der Waals surface area (Å²) in [6.07, 6.45) is 3.52. The van der Waals surface area contributed by atoms with E-state index in [1.165, 1.54) is 36.4 Å². The van der Waals surface area contributed by atoms with Crippen molar-refractivity contribution in [2.75, 3.05) is 45.1 Å². The first-order chi connectivity index (χ1) is 20.6. The average molecular weight is 608 g/mol. The van der Waals surface area contributed by atoms with Gasteiger partial charge in [-0.1, -0.05) is 36.4 Å². The lowest BCUT2D eigenvalue weighted by Crippen LogP contribution is -2.44. The van der Waals surface area contributed by atoms with E-state index in [4.69, 9.17) is 17.3 Å². The zero-order valence-corrected chi connectivity index (χ0v) is 24.9. The lowest BCUT2D eigenvalue weighted by molar-refractivity contribution is -0.120. The molecule has 1 fully saturated rings. The minimum Gasteiger partial charge on any atom is -0.354 e. The predicted octanol–water partition coefficient (Wildman–Crippen LogP) is 2.84. The molecule has 0 saturated carbocycles. The van der Waals surface area contributed by atoms with Gasteiger partial charge in [0.15, 0.2) is 0 Å². The van der Waals surface area contributed by atoms with Crippen LogP contribution >= 0.6 is 11.6 Å². The maximum atomic E-state index is 13.6. The van der Waals surface area contributed by atoms with Crippen molar-refractivity contribution in [3.05, 3.63) is 100 Å². The number of halogens is 2. The summed E-state index contributed by atoms with van der Waals surface area (Å²) in [7, 11) is 2.05. The number of anilines is 1. The van der Waals surface area contributed by atoms with Gasteiger partial charge in [-0.05, 0) is 62.4 Å². The molecule has 0 aromatic heterocycles. The van der Waals surface area contributed by atoms with Crippen molar-refractivity contribution in [3.8, 4) is 0 Å². The summed E-state index contributed by atoms with van der Waals surface area (Å²) in [5.41, 5.74) is 7.30. The summed E-state index contributed by atoms with van der Waals surface area (Å²) in [6, 6.07) is 10.0. The lowest BCUT2D eigenvalue weighted by atomic mass is 10.0. The lowest BCUT2D eigenvalue weighted by Gasteiger charge is -2.33. The van der Waals surface area contributed by atoms with Gasteiger partial charge in [0, 0.05) is 49.9 Å². The van der Waals surface area contributed by atoms with Crippen LogP contribution in [-0.4, -0.2) is 79.2 Å². The summed E-state index contributed by atoms with van der Waals surface area (Å²) in [5, 5.41) is 8.33. The van der Waals surface area contributed by atoms with Gasteiger partial charge in [-0.15, -0.1) is 0 Å². The zero-order valence-electron chi connectivity index (χ0n) is 24.1. The number of likely N-dealkylation sites (N-methyl/N-ethyl adjacent to an activating group) is 1. The molecule has 2 aliphatic heterocycles. The van der Waals surface area contributed by atoms with Crippen LogP contribution in [0.4, 0.5) is 10.1 Å². The van der Waals surface area contributed by atoms with E-state index in [0.717, 1.165) is 26.2 Å². The second kappa shape index (κ2) is 14.2. The van der Waals surface area contributed by atoms with Crippen LogP contribution in [-0.2, 0) is 16.0 Å². The Morgan fingerprint density at radius 1 is 1.19 bits per heavy atom. The fourth-order valence-electron chi connectivity index (χ4n) is 4.64. The molecule has 0 spiro atoms. The molecule has 2 aromatic rings. The molecule has 2 aliphatic rings. The molecular formula is C31H35ClFN7O3. The molecule has 4 rings (SSSR count). The molecule has 10 nitrogen and oxygen atoms in total. The van der Waals surface area contributed by atoms with E-state index >= 15 is 0 Å². The van der Waals surface area contributed by atoms with Gasteiger partial charge in [0.25, 0.3) is 17.7 Å². The SMILES string of the molecule is C=C(/N=C1/NC(=O)C(C(=O)Nc2cc(C(=O)NC(CN)Cc3cccc(F)c3)ccc2Cl)=C/C1=C/C)N1CCN(C)CC1. The van der Waals surface area contributed by atoms with Gasteiger partial charge in [0.05, 0.1) is 10.7 Å². The van der Waals surface area contributed by atoms with E-state index in [0.29, 0.717) is 29.2 Å². The van der Waals surface area contributed by atoms with E-state index in [1.54, 1.807) is 25.1 Å². The zero-order chi connectivity index (χ0) is 31.1. The van der Waals surface area contributed by atoms with Crippen LogP contribution in [0.15, 0.2) is 83.2 Å². The highest BCUT2D eigenvalue weighted by atomic mass is 35.5. The summed E-state index contributed by atoms with van der Waals surface area (Å²) < 4.78 is 13.6. The fourth-order valence-corrected chi connectivity index (χ4v) is 4.81. The number of amidine groups is 1. The van der Waals surface area contributed by atoms with Crippen LogP contribution < -0.4 is 21.7 Å². The van der Waals surface area contributed by atoms with Gasteiger partial charge in [0.2, 0.25) is 0 Å². The Bertz CT molecular complexity index is 1510. The highest BCUT2D eigenvalue weighted by Crippen LogP contribution is 2.25. The Kier molecular flexibility index (Phi) is 10.5. The minimum atomic E-state index is -0.709. The number of nitrogens with one attached hydrogen (secondary N) is 3. The van der Waals surface area contributed by atoms with Crippen molar-refractivity contribution in [2.24, 2.45) is 10.7 Å². The monoisotopic (exact) mass is 607 g/mol. The molecule has 0 radical (unpaired) electrons. The van der Waals surface area contributed by atoms with Crippen LogP contribution in [0.5, 0.6) is 0 Å². The van der Waals surface area contributed by atoms with Crippen molar-refractivity contribution in [3.63, 3.8) is 0 Å². The van der Waals surface area contributed by atoms with E-state index in [2.05, 4.69) is 39.5 Å². The number of carbonyl (C=O) groups is 3. The summed E-state index contributed by atoms with van der Waals surface area (Å²) >= 11 is 6.32. The van der Waals surface area contributed by atoms with Crippen LogP contribution in [0.1, 0.15) is 22.8 Å². The number of rotatable bonds is 9. The maximum Gasteiger partial charge on any atom is 0.262 e. The predicted molar refractivity (Wildman–Crippen MR) is 166 cm³/mol. The quantitative estimate of drug-likeness (QED) is 0.324. The van der Waals surface area contributed by atoms with Crippen molar-refractivity contribution < 1.29 is 18.8 Å². The third kappa shape index (κ3) is 8.16. The number of nitrogens with zero attached hydrogens (tertiary/aromatic N) is 3. The molecule has 226 valence electrons. The number of benzene rings is 2. The molecule has 3 amide bonds. The van der Waals surface area contributed by atoms with Crippen LogP contribution in [0.3, 0.4) is 0 Å². The Hall–Kier alpha value is -4.32. The summed E-state index contributed by atoms with van der Waals surface area (Å²) in [6.45, 7) is 9.25. The van der Waals surface area contributed by atoms with E-state index in [1.807, 2.05) is 4.90 Å². The van der Waals surface area contributed by atoms with Crippen molar-refractivity contribution in [1.82, 2.24) is 20.4 Å². The first kappa shape index (κ1) is 31.6. The molecule has 1 saturated heterocycles. The second-order valence-corrected chi connectivity index (χ2v) is 10.7. The molecule has 2 heterocycles. The highest BCUT2D eigenvalue weighted by Gasteiger charge is 2.27. The number of hydrogen-bond acceptors (Lipinski definition) is 7. The first-order valence-corrected chi connectivity index (χ1v) is 14.2. The Balaban J connectivity index is 1.45. The molecule has 43 heavy (non-hydrogen) atoms. The van der Waals surface area contributed by atoms with Gasteiger partial charge >= 0.3 is 0 Å². The third-order valence-corrected chi connectivity index (χ3v) is 7.51. The summed E-state index contributed by atoms with van der Waals surface area (Å²) in [4.78, 5) is 47.9. The number of nitrogens with two attached hydrogens (primary N) is 1. The normalized spacial score (nSPS) is 18.2. The van der Waals surface area contributed by atoms with Crippen molar-refractivity contribution in [1.29, 1.82) is 0 Å². The number of allylic oxidation sites excluding steroid dienone is 1. The largest absolute Gasteiger partial charge is 0.354 e. The number of carbonyl (C=O) groups excluding carboxylic acids is 3. The molecule has 1 unspecified atom stereocenters. The highest BCUT2D eigenvalue weighted by molar-refractivity contribution is 6.35. The Morgan fingerprint density at radius 3 is 2.60 bits per heavy atom. The van der Waals surface area contributed by atoms with Gasteiger partial charge in [-0.25, -0.2) is 9.38 Å². The van der Waals surface area contributed by atoms with Gasteiger partial charge in [-0.3, -0.25) is 14.4 Å². The number of hydrogen-bond donors (Lipinski definition) is 4. The van der Waals surface area contributed by atoms with E-state index in [-0.39, 0.29) is 34.2 Å². The average Bonchev–Trinajstić information content (AvgIpc) is 2.98. The maximum absolute atomic E-state index is 13.6. The van der Waals surface area contributed by atoms with Crippen LogP contribution in [0.2, 0.25) is 5.02 Å². The molecule has 0 bridgehead atoms. The van der Waals surface area contributed by atoms with Gasteiger partial charge in [-0.2, -0.15) is 0 Å². The van der Waals surface area contributed by atoms with Crippen LogP contribution in [0.25, 0.3) is 0 Å². The van der Waals surface area contributed by atoms with Crippen molar-refractivity contribution in [2.45, 2.75) is 19.4 Å². The minimum absolute atomic E-state index is 0.129. The summed E-state index contributed by atoms with van der Waals surface area (Å²) in [5.74, 6) is -1.34. The van der Waals surface area contributed by atoms with Crippen molar-refractivity contribution >= 4 is 40.8 Å². The van der Waals surface area contributed by atoms with Gasteiger partial charge < -0.3 is 31.5 Å². The van der Waals surface area contributed by atoms with E-state index in [9.17, 15) is 18.8 Å².